The molecule has 1 N–H and O–H groups in total. The van der Waals surface area contributed by atoms with Crippen molar-refractivity contribution in [3.63, 3.8) is 0 Å². The van der Waals surface area contributed by atoms with Gasteiger partial charge in [-0.3, -0.25) is 4.79 Å². The Morgan fingerprint density at radius 2 is 1.96 bits per heavy atom. The van der Waals surface area contributed by atoms with Crippen LogP contribution >= 0.6 is 0 Å². The highest BCUT2D eigenvalue weighted by molar-refractivity contribution is 5.73. The van der Waals surface area contributed by atoms with Crippen molar-refractivity contribution >= 4 is 11.6 Å². The van der Waals surface area contributed by atoms with Crippen molar-refractivity contribution < 1.29 is 13.9 Å². The minimum Gasteiger partial charge on any atom is -0.371 e. The number of carbonyl (C=O) groups excluding carboxylic acids is 1. The summed E-state index contributed by atoms with van der Waals surface area (Å²) in [5, 5.41) is 3.21. The van der Waals surface area contributed by atoms with Crippen molar-refractivity contribution in [1.82, 2.24) is 5.32 Å². The van der Waals surface area contributed by atoms with Gasteiger partial charge in [-0.2, -0.15) is 0 Å². The number of ether oxygens (including phenoxy) is 1. The third-order valence-corrected chi connectivity index (χ3v) is 6.52. The minimum atomic E-state index is -0.173. The van der Waals surface area contributed by atoms with Crippen molar-refractivity contribution in [2.24, 2.45) is 5.92 Å². The second kappa shape index (κ2) is 7.18. The largest absolute Gasteiger partial charge is 0.371 e. The summed E-state index contributed by atoms with van der Waals surface area (Å²) in [6.07, 6.45) is 7.61. The van der Waals surface area contributed by atoms with E-state index in [1.165, 1.54) is 18.9 Å². The van der Waals surface area contributed by atoms with Gasteiger partial charge in [0.1, 0.15) is 5.82 Å². The Hall–Kier alpha value is -1.62. The number of benzene rings is 1. The first kappa shape index (κ1) is 17.8. The van der Waals surface area contributed by atoms with E-state index in [0.29, 0.717) is 11.6 Å². The molecule has 2 saturated heterocycles. The van der Waals surface area contributed by atoms with Crippen LogP contribution in [0.3, 0.4) is 0 Å². The second-order valence-electron chi connectivity index (χ2n) is 8.24. The number of fused-ring (bicyclic) bond motifs is 1. The molecule has 3 fully saturated rings. The summed E-state index contributed by atoms with van der Waals surface area (Å²) in [4.78, 5) is 13.9. The Labute approximate surface area is 155 Å². The molecule has 1 amide bonds. The number of para-hydroxylation sites is 1. The summed E-state index contributed by atoms with van der Waals surface area (Å²) in [6, 6.07) is 7.21. The molecule has 2 aliphatic heterocycles. The third kappa shape index (κ3) is 3.46. The van der Waals surface area contributed by atoms with E-state index in [1.54, 1.807) is 13.0 Å². The summed E-state index contributed by atoms with van der Waals surface area (Å²) in [6.45, 7) is 3.21. The van der Waals surface area contributed by atoms with Crippen LogP contribution in [-0.2, 0) is 9.53 Å². The first-order valence-electron chi connectivity index (χ1n) is 10.0. The van der Waals surface area contributed by atoms with E-state index in [0.717, 1.165) is 45.2 Å². The first-order chi connectivity index (χ1) is 12.6. The highest BCUT2D eigenvalue weighted by atomic mass is 19.1. The second-order valence-corrected chi connectivity index (χ2v) is 8.24. The van der Waals surface area contributed by atoms with Crippen LogP contribution in [0.2, 0.25) is 0 Å². The lowest BCUT2D eigenvalue weighted by Crippen LogP contribution is -2.60. The van der Waals surface area contributed by atoms with Gasteiger partial charge in [-0.1, -0.05) is 25.0 Å². The number of nitrogens with zero attached hydrogens (tertiary/aromatic N) is 1. The molecule has 4 rings (SSSR count). The van der Waals surface area contributed by atoms with Gasteiger partial charge in [0, 0.05) is 32.0 Å². The van der Waals surface area contributed by atoms with Gasteiger partial charge in [-0.25, -0.2) is 4.39 Å². The molecule has 0 aromatic heterocycles. The third-order valence-electron chi connectivity index (χ3n) is 6.52. The minimum absolute atomic E-state index is 0.0557. The van der Waals surface area contributed by atoms with Gasteiger partial charge in [0.05, 0.1) is 17.4 Å². The summed E-state index contributed by atoms with van der Waals surface area (Å²) < 4.78 is 20.8. The topological polar surface area (TPSA) is 41.6 Å². The Kier molecular flexibility index (Phi) is 4.91. The first-order valence-corrected chi connectivity index (χ1v) is 10.0. The average Bonchev–Trinajstić information content (AvgIpc) is 2.63. The maximum Gasteiger partial charge on any atom is 0.217 e. The monoisotopic (exact) mass is 360 g/mol. The fraction of sp³-hybridized carbons (Fsp3) is 0.667. The number of carbonyl (C=O) groups is 1. The highest BCUT2D eigenvalue weighted by Crippen LogP contribution is 2.45. The van der Waals surface area contributed by atoms with Gasteiger partial charge >= 0.3 is 0 Å². The standard InChI is InChI=1S/C21H29FN2O2/c1-15(25)23-18-14-21(26-20-9-5-2-6-16(18)20)10-12-24(13-11-21)19-8-4-3-7-17(19)22/h3-4,7-8,16,18,20H,2,5-6,9-14H2,1H3,(H,23,25)/t16-,18+,20+/m0/s1. The Morgan fingerprint density at radius 3 is 2.69 bits per heavy atom. The molecule has 0 unspecified atom stereocenters. The van der Waals surface area contributed by atoms with E-state index < -0.39 is 0 Å². The molecular weight excluding hydrogens is 331 g/mol. The van der Waals surface area contributed by atoms with Crippen molar-refractivity contribution in [3.8, 4) is 0 Å². The fourth-order valence-corrected chi connectivity index (χ4v) is 5.26. The molecule has 1 spiro atoms. The van der Waals surface area contributed by atoms with Crippen LogP contribution < -0.4 is 10.2 Å². The van der Waals surface area contributed by atoms with Gasteiger partial charge in [-0.15, -0.1) is 0 Å². The Balaban J connectivity index is 1.48. The van der Waals surface area contributed by atoms with E-state index in [-0.39, 0.29) is 29.5 Å². The van der Waals surface area contributed by atoms with Crippen molar-refractivity contribution in [1.29, 1.82) is 0 Å². The van der Waals surface area contributed by atoms with Crippen LogP contribution in [0.15, 0.2) is 24.3 Å². The van der Waals surface area contributed by atoms with Gasteiger partial charge in [0.25, 0.3) is 0 Å². The quantitative estimate of drug-likeness (QED) is 0.875. The smallest absolute Gasteiger partial charge is 0.217 e. The predicted molar refractivity (Wildman–Crippen MR) is 99.6 cm³/mol. The van der Waals surface area contributed by atoms with Gasteiger partial charge in [-0.05, 0) is 44.2 Å². The number of amides is 1. The summed E-state index contributed by atoms with van der Waals surface area (Å²) in [5.41, 5.74) is 0.514. The summed E-state index contributed by atoms with van der Waals surface area (Å²) in [5.74, 6) is 0.347. The number of halogens is 1. The highest BCUT2D eigenvalue weighted by Gasteiger charge is 2.49. The SMILES string of the molecule is CC(=O)N[C@@H]1CC2(CCN(c3ccccc3F)CC2)O[C@@H]2CCCC[C@@H]12. The van der Waals surface area contributed by atoms with E-state index >= 15 is 0 Å². The lowest BCUT2D eigenvalue weighted by Gasteiger charge is -2.53. The lowest BCUT2D eigenvalue weighted by atomic mass is 9.71. The maximum atomic E-state index is 14.1. The van der Waals surface area contributed by atoms with E-state index in [4.69, 9.17) is 4.74 Å². The van der Waals surface area contributed by atoms with Gasteiger partial charge in [0.15, 0.2) is 0 Å². The molecule has 5 heteroatoms. The predicted octanol–water partition coefficient (Wildman–Crippen LogP) is 3.65. The summed E-state index contributed by atoms with van der Waals surface area (Å²) in [7, 11) is 0. The Morgan fingerprint density at radius 1 is 1.23 bits per heavy atom. The van der Waals surface area contributed by atoms with Crippen LogP contribution in [0.25, 0.3) is 0 Å². The lowest BCUT2D eigenvalue weighted by molar-refractivity contribution is -0.184. The summed E-state index contributed by atoms with van der Waals surface area (Å²) >= 11 is 0. The fourth-order valence-electron chi connectivity index (χ4n) is 5.26. The molecule has 26 heavy (non-hydrogen) atoms. The van der Waals surface area contributed by atoms with Crippen molar-refractivity contribution in [2.75, 3.05) is 18.0 Å². The molecule has 0 radical (unpaired) electrons. The molecule has 2 heterocycles. The zero-order valence-electron chi connectivity index (χ0n) is 15.5. The van der Waals surface area contributed by atoms with Gasteiger partial charge in [0.2, 0.25) is 5.91 Å². The molecule has 0 bridgehead atoms. The molecular formula is C21H29FN2O2. The molecule has 1 aliphatic carbocycles. The molecule has 1 saturated carbocycles. The number of anilines is 1. The number of hydrogen-bond donors (Lipinski definition) is 1. The molecule has 1 aromatic rings. The van der Waals surface area contributed by atoms with Crippen molar-refractivity contribution in [2.45, 2.75) is 69.6 Å². The van der Waals surface area contributed by atoms with E-state index in [9.17, 15) is 9.18 Å². The molecule has 142 valence electrons. The zero-order valence-corrected chi connectivity index (χ0v) is 15.5. The van der Waals surface area contributed by atoms with Crippen LogP contribution in [0.1, 0.15) is 51.9 Å². The normalized spacial score (nSPS) is 30.7. The average molecular weight is 360 g/mol. The molecule has 3 atom stereocenters. The number of piperidine rings is 1. The van der Waals surface area contributed by atoms with E-state index in [1.807, 2.05) is 12.1 Å². The molecule has 1 aromatic carbocycles. The number of rotatable bonds is 2. The number of hydrogen-bond acceptors (Lipinski definition) is 3. The van der Waals surface area contributed by atoms with Crippen molar-refractivity contribution in [3.05, 3.63) is 30.1 Å². The maximum absolute atomic E-state index is 14.1. The van der Waals surface area contributed by atoms with E-state index in [2.05, 4.69) is 10.2 Å². The van der Waals surface area contributed by atoms with Gasteiger partial charge < -0.3 is 15.0 Å². The van der Waals surface area contributed by atoms with Crippen LogP contribution in [0, 0.1) is 11.7 Å². The van der Waals surface area contributed by atoms with Crippen LogP contribution in [0.4, 0.5) is 10.1 Å². The Bertz CT molecular complexity index is 657. The molecule has 3 aliphatic rings. The molecule has 4 nitrogen and oxygen atoms in total. The van der Waals surface area contributed by atoms with Crippen LogP contribution in [0.5, 0.6) is 0 Å². The number of nitrogens with one attached hydrogen (secondary N) is 1. The van der Waals surface area contributed by atoms with Crippen LogP contribution in [-0.4, -0.2) is 36.7 Å². The zero-order chi connectivity index (χ0) is 18.1.